The van der Waals surface area contributed by atoms with E-state index in [2.05, 4.69) is 17.1 Å². The van der Waals surface area contributed by atoms with Crippen LogP contribution < -0.4 is 10.2 Å². The lowest BCUT2D eigenvalue weighted by atomic mass is 9.48. The fourth-order valence-electron chi connectivity index (χ4n) is 6.57. The number of aliphatic hydroxyl groups excluding tert-OH is 1. The lowest BCUT2D eigenvalue weighted by molar-refractivity contribution is -0.904. The van der Waals surface area contributed by atoms with Gasteiger partial charge in [0.15, 0.2) is 5.11 Å². The van der Waals surface area contributed by atoms with Crippen LogP contribution in [-0.4, -0.2) is 60.5 Å². The van der Waals surface area contributed by atoms with Crippen LogP contribution in [0.1, 0.15) is 45.4 Å². The van der Waals surface area contributed by atoms with Gasteiger partial charge >= 0.3 is 0 Å². The Bertz CT molecular complexity index is 440. The molecule has 4 bridgehead atoms. The lowest BCUT2D eigenvalue weighted by Gasteiger charge is -2.59. The summed E-state index contributed by atoms with van der Waals surface area (Å²) >= 11 is 5.76. The van der Waals surface area contributed by atoms with Crippen molar-refractivity contribution in [2.45, 2.75) is 51.5 Å². The second-order valence-corrected chi connectivity index (χ2v) is 9.55. The molecule has 1 atom stereocenters. The Morgan fingerprint density at radius 3 is 2.21 bits per heavy atom. The lowest BCUT2D eigenvalue weighted by Crippen LogP contribution is -3.15. The first-order chi connectivity index (χ1) is 11.6. The van der Waals surface area contributed by atoms with Crippen molar-refractivity contribution in [3.8, 4) is 0 Å². The van der Waals surface area contributed by atoms with Crippen LogP contribution in [-0.2, 0) is 0 Å². The van der Waals surface area contributed by atoms with E-state index in [0.29, 0.717) is 18.1 Å². The zero-order valence-electron chi connectivity index (χ0n) is 15.1. The quantitative estimate of drug-likeness (QED) is 0.650. The van der Waals surface area contributed by atoms with Gasteiger partial charge in [0.2, 0.25) is 0 Å². The standard InChI is InChI=1S/C19H33N3OS/c1-14(19-11-15-8-16(12-19)10-17(9-15)13-19)20-18(24)22-4-2-21(3-5-22)6-7-23/h14-17,23H,2-13H2,1H3,(H,20,24)/p+1/t14-,15?,16?,17?,19?/m1/s1. The molecule has 5 rings (SSSR count). The Balaban J connectivity index is 1.33. The zero-order valence-corrected chi connectivity index (χ0v) is 15.9. The molecule has 0 spiro atoms. The van der Waals surface area contributed by atoms with E-state index in [0.717, 1.165) is 55.6 Å². The molecule has 0 aromatic carbocycles. The summed E-state index contributed by atoms with van der Waals surface area (Å²) < 4.78 is 0. The van der Waals surface area contributed by atoms with Crippen LogP contribution in [0.25, 0.3) is 0 Å². The van der Waals surface area contributed by atoms with Gasteiger partial charge in [-0.2, -0.15) is 0 Å². The Morgan fingerprint density at radius 1 is 1.17 bits per heavy atom. The second-order valence-electron chi connectivity index (χ2n) is 9.16. The number of piperazine rings is 1. The van der Waals surface area contributed by atoms with Gasteiger partial charge in [0.25, 0.3) is 0 Å². The largest absolute Gasteiger partial charge is 0.391 e. The third kappa shape index (κ3) is 3.19. The molecule has 5 aliphatic rings. The molecule has 4 aliphatic carbocycles. The predicted molar refractivity (Wildman–Crippen MR) is 100 cm³/mol. The summed E-state index contributed by atoms with van der Waals surface area (Å²) in [5, 5.41) is 13.8. The van der Waals surface area contributed by atoms with Crippen LogP contribution >= 0.6 is 12.2 Å². The second kappa shape index (κ2) is 6.73. The normalized spacial score (nSPS) is 39.9. The summed E-state index contributed by atoms with van der Waals surface area (Å²) in [7, 11) is 0. The Kier molecular flexibility index (Phi) is 4.78. The monoisotopic (exact) mass is 352 g/mol. The van der Waals surface area contributed by atoms with Gasteiger partial charge in [0.05, 0.1) is 32.8 Å². The summed E-state index contributed by atoms with van der Waals surface area (Å²) in [5.74, 6) is 3.00. The van der Waals surface area contributed by atoms with E-state index in [1.165, 1.54) is 43.4 Å². The predicted octanol–water partition coefficient (Wildman–Crippen LogP) is 0.659. The summed E-state index contributed by atoms with van der Waals surface area (Å²) in [6.07, 6.45) is 8.82. The van der Waals surface area contributed by atoms with Crippen LogP contribution in [0.5, 0.6) is 0 Å². The van der Waals surface area contributed by atoms with E-state index < -0.39 is 0 Å². The number of nitrogens with one attached hydrogen (secondary N) is 2. The Morgan fingerprint density at radius 2 is 1.71 bits per heavy atom. The van der Waals surface area contributed by atoms with Crippen molar-refractivity contribution in [3.63, 3.8) is 0 Å². The smallest absolute Gasteiger partial charge is 0.169 e. The third-order valence-electron chi connectivity index (χ3n) is 7.57. The van der Waals surface area contributed by atoms with E-state index >= 15 is 0 Å². The topological polar surface area (TPSA) is 39.9 Å². The minimum Gasteiger partial charge on any atom is -0.391 e. The van der Waals surface area contributed by atoms with Gasteiger partial charge in [-0.25, -0.2) is 0 Å². The average molecular weight is 353 g/mol. The maximum atomic E-state index is 9.09. The summed E-state index contributed by atoms with van der Waals surface area (Å²) in [6.45, 7) is 7.79. The number of hydrogen-bond acceptors (Lipinski definition) is 2. The number of thiocarbonyl (C=S) groups is 1. The number of rotatable bonds is 4. The first kappa shape index (κ1) is 17.0. The number of hydrogen-bond donors (Lipinski definition) is 3. The number of aliphatic hydroxyl groups is 1. The molecule has 4 nitrogen and oxygen atoms in total. The van der Waals surface area contributed by atoms with Gasteiger partial charge < -0.3 is 20.2 Å². The van der Waals surface area contributed by atoms with E-state index in [-0.39, 0.29) is 0 Å². The van der Waals surface area contributed by atoms with Gasteiger partial charge in [0.1, 0.15) is 6.54 Å². The molecular formula is C19H34N3OS+. The van der Waals surface area contributed by atoms with Crippen molar-refractivity contribution in [3.05, 3.63) is 0 Å². The molecule has 5 heteroatoms. The van der Waals surface area contributed by atoms with Crippen LogP contribution in [0.15, 0.2) is 0 Å². The molecule has 24 heavy (non-hydrogen) atoms. The average Bonchev–Trinajstić information content (AvgIpc) is 2.54. The molecule has 4 saturated carbocycles. The van der Waals surface area contributed by atoms with Crippen LogP contribution in [0.3, 0.4) is 0 Å². The van der Waals surface area contributed by atoms with Crippen molar-refractivity contribution in [1.82, 2.24) is 10.2 Å². The molecule has 5 fully saturated rings. The van der Waals surface area contributed by atoms with Gasteiger partial charge in [-0.05, 0) is 80.8 Å². The van der Waals surface area contributed by atoms with Crippen molar-refractivity contribution >= 4 is 17.3 Å². The first-order valence-electron chi connectivity index (χ1n) is 10.1. The molecule has 0 unspecified atom stereocenters. The van der Waals surface area contributed by atoms with E-state index in [4.69, 9.17) is 17.3 Å². The van der Waals surface area contributed by atoms with Crippen molar-refractivity contribution in [1.29, 1.82) is 0 Å². The highest BCUT2D eigenvalue weighted by atomic mass is 32.1. The fourth-order valence-corrected chi connectivity index (χ4v) is 6.93. The van der Waals surface area contributed by atoms with E-state index in [9.17, 15) is 0 Å². The molecule has 1 aliphatic heterocycles. The molecule has 3 N–H and O–H groups in total. The van der Waals surface area contributed by atoms with Crippen LogP contribution in [0, 0.1) is 23.2 Å². The Labute approximate surface area is 152 Å². The third-order valence-corrected chi connectivity index (χ3v) is 7.94. The minimum absolute atomic E-state index is 0.293. The van der Waals surface area contributed by atoms with Gasteiger partial charge in [-0.1, -0.05) is 0 Å². The van der Waals surface area contributed by atoms with Crippen molar-refractivity contribution < 1.29 is 10.0 Å². The van der Waals surface area contributed by atoms with Gasteiger partial charge in [-0.3, -0.25) is 0 Å². The Hall–Kier alpha value is -0.390. The highest BCUT2D eigenvalue weighted by Crippen LogP contribution is 2.61. The molecular weight excluding hydrogens is 318 g/mol. The van der Waals surface area contributed by atoms with Crippen LogP contribution in [0.2, 0.25) is 0 Å². The summed E-state index contributed by atoms with van der Waals surface area (Å²) in [4.78, 5) is 3.86. The molecule has 0 aromatic rings. The molecule has 0 radical (unpaired) electrons. The summed E-state index contributed by atoms with van der Waals surface area (Å²) in [6, 6.07) is 0.515. The molecule has 1 saturated heterocycles. The highest BCUT2D eigenvalue weighted by Gasteiger charge is 2.53. The van der Waals surface area contributed by atoms with Crippen molar-refractivity contribution in [2.75, 3.05) is 39.3 Å². The molecule has 0 amide bonds. The summed E-state index contributed by atoms with van der Waals surface area (Å²) in [5.41, 5.74) is 0.517. The SMILES string of the molecule is C[C@@H](NC(=S)N1CC[NH+](CCO)CC1)C12CC3CC(CC(C3)C1)C2. The molecule has 136 valence electrons. The zero-order chi connectivity index (χ0) is 16.7. The fraction of sp³-hybridized carbons (Fsp3) is 0.947. The molecule has 0 aromatic heterocycles. The maximum Gasteiger partial charge on any atom is 0.169 e. The van der Waals surface area contributed by atoms with Crippen LogP contribution in [0.4, 0.5) is 0 Å². The number of nitrogens with zero attached hydrogens (tertiary/aromatic N) is 1. The van der Waals surface area contributed by atoms with Gasteiger partial charge in [-0.15, -0.1) is 0 Å². The maximum absolute atomic E-state index is 9.09. The number of quaternary nitrogens is 1. The highest BCUT2D eigenvalue weighted by molar-refractivity contribution is 7.80. The van der Waals surface area contributed by atoms with Gasteiger partial charge in [0, 0.05) is 6.04 Å². The van der Waals surface area contributed by atoms with E-state index in [1.54, 1.807) is 0 Å². The minimum atomic E-state index is 0.293. The van der Waals surface area contributed by atoms with E-state index in [1.807, 2.05) is 0 Å². The van der Waals surface area contributed by atoms with Crippen molar-refractivity contribution in [2.24, 2.45) is 23.2 Å². The first-order valence-corrected chi connectivity index (χ1v) is 10.5. The molecule has 1 heterocycles.